The molecule has 3 heteroatoms. The minimum absolute atomic E-state index is 0.0925. The molecule has 3 nitrogen and oxygen atoms in total. The molecule has 0 saturated heterocycles. The molecular formula is C25H26N2O. The summed E-state index contributed by atoms with van der Waals surface area (Å²) in [4.78, 5) is 13.7. The fourth-order valence-corrected chi connectivity index (χ4v) is 4.61. The van der Waals surface area contributed by atoms with Gasteiger partial charge in [0.25, 0.3) is 5.56 Å². The van der Waals surface area contributed by atoms with E-state index in [9.17, 15) is 4.79 Å². The first-order valence-corrected chi connectivity index (χ1v) is 10.3. The van der Waals surface area contributed by atoms with Crippen molar-refractivity contribution in [3.63, 3.8) is 0 Å². The van der Waals surface area contributed by atoms with E-state index in [0.29, 0.717) is 0 Å². The summed E-state index contributed by atoms with van der Waals surface area (Å²) in [6.07, 6.45) is 5.91. The molecule has 1 saturated carbocycles. The average Bonchev–Trinajstić information content (AvgIpc) is 3.00. The Morgan fingerprint density at radius 3 is 2.36 bits per heavy atom. The molecule has 0 N–H and O–H groups in total. The topological polar surface area (TPSA) is 26.9 Å². The zero-order valence-corrected chi connectivity index (χ0v) is 16.6. The van der Waals surface area contributed by atoms with Gasteiger partial charge in [0.15, 0.2) is 0 Å². The summed E-state index contributed by atoms with van der Waals surface area (Å²) >= 11 is 0. The quantitative estimate of drug-likeness (QED) is 0.463. The van der Waals surface area contributed by atoms with Crippen LogP contribution in [-0.4, -0.2) is 9.13 Å². The van der Waals surface area contributed by atoms with Crippen molar-refractivity contribution in [1.29, 1.82) is 0 Å². The van der Waals surface area contributed by atoms with Gasteiger partial charge in [-0.25, -0.2) is 0 Å². The Labute approximate surface area is 165 Å². The van der Waals surface area contributed by atoms with E-state index in [4.69, 9.17) is 0 Å². The Morgan fingerprint density at radius 2 is 1.64 bits per heavy atom. The highest BCUT2D eigenvalue weighted by atomic mass is 16.1. The largest absolute Gasteiger partial charge is 0.340 e. The zero-order valence-electron chi connectivity index (χ0n) is 16.6. The molecule has 0 bridgehead atoms. The van der Waals surface area contributed by atoms with Crippen LogP contribution in [0.4, 0.5) is 0 Å². The van der Waals surface area contributed by atoms with Crippen LogP contribution in [0.3, 0.4) is 0 Å². The normalized spacial score (nSPS) is 15.2. The van der Waals surface area contributed by atoms with Crippen LogP contribution in [0, 0.1) is 5.92 Å². The second-order valence-electron chi connectivity index (χ2n) is 8.60. The SMILES string of the molecule is CC(C)(c1ccccc1)n1ccc2c(c1=O)c1ccccc1n2CC1CCC1. The third-order valence-corrected chi connectivity index (χ3v) is 6.57. The van der Waals surface area contributed by atoms with E-state index in [1.165, 1.54) is 24.8 Å². The lowest BCUT2D eigenvalue weighted by Crippen LogP contribution is -2.36. The average molecular weight is 370 g/mol. The van der Waals surface area contributed by atoms with Crippen molar-refractivity contribution in [1.82, 2.24) is 9.13 Å². The smallest absolute Gasteiger partial charge is 0.261 e. The molecular weight excluding hydrogens is 344 g/mol. The van der Waals surface area contributed by atoms with Crippen LogP contribution >= 0.6 is 0 Å². The van der Waals surface area contributed by atoms with Crippen LogP contribution in [0.1, 0.15) is 38.7 Å². The molecule has 1 aliphatic carbocycles. The zero-order chi connectivity index (χ0) is 19.3. The molecule has 0 amide bonds. The number of fused-ring (bicyclic) bond motifs is 3. The van der Waals surface area contributed by atoms with Gasteiger partial charge in [-0.1, -0.05) is 55.0 Å². The Kier molecular flexibility index (Phi) is 3.94. The molecule has 1 fully saturated rings. The summed E-state index contributed by atoms with van der Waals surface area (Å²) in [6.45, 7) is 5.24. The van der Waals surface area contributed by atoms with E-state index in [-0.39, 0.29) is 5.56 Å². The first kappa shape index (κ1) is 17.3. The highest BCUT2D eigenvalue weighted by Gasteiger charge is 2.27. The maximum atomic E-state index is 13.7. The molecule has 1 aliphatic rings. The molecule has 28 heavy (non-hydrogen) atoms. The van der Waals surface area contributed by atoms with Crippen LogP contribution in [0.2, 0.25) is 0 Å². The Morgan fingerprint density at radius 1 is 0.929 bits per heavy atom. The van der Waals surface area contributed by atoms with E-state index >= 15 is 0 Å². The fourth-order valence-electron chi connectivity index (χ4n) is 4.61. The maximum Gasteiger partial charge on any atom is 0.261 e. The second-order valence-corrected chi connectivity index (χ2v) is 8.60. The van der Waals surface area contributed by atoms with Gasteiger partial charge in [0.2, 0.25) is 0 Å². The van der Waals surface area contributed by atoms with Gasteiger partial charge in [0.1, 0.15) is 0 Å². The molecule has 0 radical (unpaired) electrons. The lowest BCUT2D eigenvalue weighted by Gasteiger charge is -2.29. The van der Waals surface area contributed by atoms with Crippen LogP contribution in [0.5, 0.6) is 0 Å². The van der Waals surface area contributed by atoms with Gasteiger partial charge in [-0.3, -0.25) is 4.79 Å². The van der Waals surface area contributed by atoms with Crippen molar-refractivity contribution in [2.75, 3.05) is 0 Å². The molecule has 5 rings (SSSR count). The predicted octanol–water partition coefficient (Wildman–Crippen LogP) is 5.54. The lowest BCUT2D eigenvalue weighted by molar-refractivity contribution is 0.282. The van der Waals surface area contributed by atoms with Gasteiger partial charge in [-0.2, -0.15) is 0 Å². The number of nitrogens with zero attached hydrogens (tertiary/aromatic N) is 2. The third-order valence-electron chi connectivity index (χ3n) is 6.57. The highest BCUT2D eigenvalue weighted by Crippen LogP contribution is 2.34. The first-order chi connectivity index (χ1) is 13.6. The van der Waals surface area contributed by atoms with Crippen LogP contribution in [0.25, 0.3) is 21.8 Å². The van der Waals surface area contributed by atoms with Crippen LogP contribution in [-0.2, 0) is 12.1 Å². The summed E-state index contributed by atoms with van der Waals surface area (Å²) in [6, 6.07) is 20.8. The summed E-state index contributed by atoms with van der Waals surface area (Å²) in [5.74, 6) is 0.738. The second kappa shape index (κ2) is 6.37. The first-order valence-electron chi connectivity index (χ1n) is 10.3. The van der Waals surface area contributed by atoms with Gasteiger partial charge >= 0.3 is 0 Å². The number of rotatable bonds is 4. The summed E-state index contributed by atoms with van der Waals surface area (Å²) in [5.41, 5.74) is 3.06. The standard InChI is InChI=1S/C25H26N2O/c1-25(2,19-11-4-3-5-12-19)27-16-15-22-23(24(27)28)20-13-6-7-14-21(20)26(22)17-18-9-8-10-18/h3-7,11-16,18H,8-10,17H2,1-2H3. The Bertz CT molecular complexity index is 1210. The minimum atomic E-state index is -0.413. The van der Waals surface area contributed by atoms with E-state index in [2.05, 4.69) is 54.8 Å². The fraction of sp³-hybridized carbons (Fsp3) is 0.320. The maximum absolute atomic E-state index is 13.7. The lowest BCUT2D eigenvalue weighted by atomic mass is 9.85. The molecule has 0 atom stereocenters. The number of hydrogen-bond donors (Lipinski definition) is 0. The van der Waals surface area contributed by atoms with Gasteiger partial charge in [-0.05, 0) is 50.3 Å². The van der Waals surface area contributed by atoms with Crippen molar-refractivity contribution in [3.8, 4) is 0 Å². The van der Waals surface area contributed by atoms with Crippen molar-refractivity contribution >= 4 is 21.8 Å². The summed E-state index contributed by atoms with van der Waals surface area (Å²) < 4.78 is 4.26. The van der Waals surface area contributed by atoms with E-state index in [1.807, 2.05) is 35.0 Å². The molecule has 4 aromatic rings. The number of hydrogen-bond acceptors (Lipinski definition) is 1. The predicted molar refractivity (Wildman–Crippen MR) is 116 cm³/mol. The van der Waals surface area contributed by atoms with Gasteiger partial charge < -0.3 is 9.13 Å². The van der Waals surface area contributed by atoms with Crippen LogP contribution < -0.4 is 5.56 Å². The molecule has 0 spiro atoms. The van der Waals surface area contributed by atoms with Crippen LogP contribution in [0.15, 0.2) is 71.7 Å². The van der Waals surface area contributed by atoms with Crippen molar-refractivity contribution in [3.05, 3.63) is 82.8 Å². The van der Waals surface area contributed by atoms with Gasteiger partial charge in [0, 0.05) is 23.6 Å². The van der Waals surface area contributed by atoms with Crippen molar-refractivity contribution < 1.29 is 0 Å². The number of pyridine rings is 1. The molecule has 2 aromatic carbocycles. The third kappa shape index (κ3) is 2.53. The number of benzene rings is 2. The van der Waals surface area contributed by atoms with Gasteiger partial charge in [-0.15, -0.1) is 0 Å². The van der Waals surface area contributed by atoms with Crippen molar-refractivity contribution in [2.45, 2.75) is 45.2 Å². The summed E-state index contributed by atoms with van der Waals surface area (Å²) in [7, 11) is 0. The Hall–Kier alpha value is -2.81. The molecule has 2 heterocycles. The number of para-hydroxylation sites is 1. The Balaban J connectivity index is 1.76. The van der Waals surface area contributed by atoms with E-state index in [1.54, 1.807) is 0 Å². The highest BCUT2D eigenvalue weighted by molar-refractivity contribution is 6.07. The minimum Gasteiger partial charge on any atom is -0.340 e. The molecule has 0 aliphatic heterocycles. The van der Waals surface area contributed by atoms with E-state index in [0.717, 1.165) is 34.3 Å². The molecule has 2 aromatic heterocycles. The molecule has 142 valence electrons. The van der Waals surface area contributed by atoms with Crippen molar-refractivity contribution in [2.24, 2.45) is 5.92 Å². The number of aromatic nitrogens is 2. The molecule has 0 unspecified atom stereocenters. The van der Waals surface area contributed by atoms with E-state index < -0.39 is 5.54 Å². The summed E-state index contributed by atoms with van der Waals surface area (Å²) in [5, 5.41) is 1.92. The monoisotopic (exact) mass is 370 g/mol. The van der Waals surface area contributed by atoms with Gasteiger partial charge in [0.05, 0.1) is 16.4 Å².